The van der Waals surface area contributed by atoms with E-state index in [-0.39, 0.29) is 11.4 Å². The summed E-state index contributed by atoms with van der Waals surface area (Å²) in [5, 5.41) is 9.19. The van der Waals surface area contributed by atoms with Gasteiger partial charge in [0, 0.05) is 0 Å². The number of rotatable bonds is 6. The van der Waals surface area contributed by atoms with E-state index >= 15 is 0 Å². The molecule has 0 aliphatic carbocycles. The van der Waals surface area contributed by atoms with Crippen LogP contribution in [0.5, 0.6) is 0 Å². The minimum absolute atomic E-state index is 0.0209. The van der Waals surface area contributed by atoms with Gasteiger partial charge in [0.1, 0.15) is 5.76 Å². The molecule has 0 bridgehead atoms. The summed E-state index contributed by atoms with van der Waals surface area (Å²) >= 11 is 0. The standard InChI is InChI=1S/C15H18N2O5S/c1-10-13(16-9-22-10)8-17-23(20,21)12-6-4-11(5-7-12)15(2,3)14(18)19/h4-7,9,17H,8H2,1-3H3,(H,18,19). The molecule has 7 nitrogen and oxygen atoms in total. The number of aryl methyl sites for hydroxylation is 1. The molecule has 1 heterocycles. The molecule has 0 fully saturated rings. The Balaban J connectivity index is 2.18. The molecule has 0 radical (unpaired) electrons. The van der Waals surface area contributed by atoms with Crippen molar-refractivity contribution < 1.29 is 22.7 Å². The quantitative estimate of drug-likeness (QED) is 0.831. The molecule has 0 saturated heterocycles. The Hall–Kier alpha value is -2.19. The van der Waals surface area contributed by atoms with Crippen molar-refractivity contribution in [1.82, 2.24) is 9.71 Å². The lowest BCUT2D eigenvalue weighted by Gasteiger charge is -2.19. The first-order valence-corrected chi connectivity index (χ1v) is 8.35. The summed E-state index contributed by atoms with van der Waals surface area (Å²) in [6.07, 6.45) is 1.25. The lowest BCUT2D eigenvalue weighted by molar-refractivity contribution is -0.142. The molecule has 8 heteroatoms. The van der Waals surface area contributed by atoms with Crippen LogP contribution in [0.1, 0.15) is 30.9 Å². The molecule has 2 N–H and O–H groups in total. The zero-order chi connectivity index (χ0) is 17.3. The molecule has 124 valence electrons. The van der Waals surface area contributed by atoms with Gasteiger partial charge in [-0.15, -0.1) is 0 Å². The molecule has 0 atom stereocenters. The largest absolute Gasteiger partial charge is 0.481 e. The van der Waals surface area contributed by atoms with Crippen molar-refractivity contribution in [3.8, 4) is 0 Å². The number of hydrogen-bond donors (Lipinski definition) is 2. The van der Waals surface area contributed by atoms with Crippen LogP contribution in [0.15, 0.2) is 40.0 Å². The van der Waals surface area contributed by atoms with Crippen molar-refractivity contribution >= 4 is 16.0 Å². The fourth-order valence-electron chi connectivity index (χ4n) is 1.92. The van der Waals surface area contributed by atoms with E-state index in [2.05, 4.69) is 9.71 Å². The average Bonchev–Trinajstić information content (AvgIpc) is 2.90. The van der Waals surface area contributed by atoms with Crippen molar-refractivity contribution in [2.24, 2.45) is 0 Å². The minimum atomic E-state index is -3.71. The molecular formula is C15H18N2O5S. The lowest BCUT2D eigenvalue weighted by Crippen LogP contribution is -2.28. The molecule has 0 aliphatic heterocycles. The molecule has 1 aromatic heterocycles. The summed E-state index contributed by atoms with van der Waals surface area (Å²) in [5.41, 5.74) is -0.0541. The molecule has 23 heavy (non-hydrogen) atoms. The molecule has 0 unspecified atom stereocenters. The van der Waals surface area contributed by atoms with Crippen molar-refractivity contribution in [3.05, 3.63) is 47.7 Å². The van der Waals surface area contributed by atoms with Crippen LogP contribution in [0.3, 0.4) is 0 Å². The van der Waals surface area contributed by atoms with Gasteiger partial charge in [0.2, 0.25) is 10.0 Å². The second kappa shape index (κ2) is 6.13. The Morgan fingerprint density at radius 1 is 1.30 bits per heavy atom. The topological polar surface area (TPSA) is 110 Å². The Bertz CT molecular complexity index is 807. The highest BCUT2D eigenvalue weighted by Crippen LogP contribution is 2.24. The highest BCUT2D eigenvalue weighted by molar-refractivity contribution is 7.89. The Kier molecular flexibility index (Phi) is 4.58. The lowest BCUT2D eigenvalue weighted by atomic mass is 9.85. The zero-order valence-electron chi connectivity index (χ0n) is 13.0. The third-order valence-corrected chi connectivity index (χ3v) is 5.11. The third-order valence-electron chi connectivity index (χ3n) is 3.70. The maximum Gasteiger partial charge on any atom is 0.313 e. The third kappa shape index (κ3) is 3.59. The smallest absolute Gasteiger partial charge is 0.313 e. The molecule has 0 amide bonds. The summed E-state index contributed by atoms with van der Waals surface area (Å²) in [6, 6.07) is 5.78. The van der Waals surface area contributed by atoms with Crippen LogP contribution in [0.2, 0.25) is 0 Å². The highest BCUT2D eigenvalue weighted by atomic mass is 32.2. The van der Waals surface area contributed by atoms with E-state index in [1.54, 1.807) is 20.8 Å². The van der Waals surface area contributed by atoms with E-state index in [1.807, 2.05) is 0 Å². The van der Waals surface area contributed by atoms with Gasteiger partial charge in [-0.1, -0.05) is 12.1 Å². The first-order valence-electron chi connectivity index (χ1n) is 6.87. The molecule has 0 aliphatic rings. The number of carboxylic acids is 1. The summed E-state index contributed by atoms with van der Waals surface area (Å²) in [4.78, 5) is 15.2. The van der Waals surface area contributed by atoms with Crippen molar-refractivity contribution in [1.29, 1.82) is 0 Å². The first kappa shape index (κ1) is 17.2. The predicted octanol–water partition coefficient (Wildman–Crippen LogP) is 1.82. The van der Waals surface area contributed by atoms with Gasteiger partial charge in [-0.2, -0.15) is 0 Å². The number of carbonyl (C=O) groups is 1. The van der Waals surface area contributed by atoms with Crippen LogP contribution >= 0.6 is 0 Å². The predicted molar refractivity (Wildman–Crippen MR) is 82.4 cm³/mol. The normalized spacial score (nSPS) is 12.3. The first-order chi connectivity index (χ1) is 10.6. The number of aromatic nitrogens is 1. The molecule has 0 saturated carbocycles. The van der Waals surface area contributed by atoms with Crippen LogP contribution < -0.4 is 4.72 Å². The monoisotopic (exact) mass is 338 g/mol. The van der Waals surface area contributed by atoms with Crippen molar-refractivity contribution in [3.63, 3.8) is 0 Å². The highest BCUT2D eigenvalue weighted by Gasteiger charge is 2.29. The van der Waals surface area contributed by atoms with Gasteiger partial charge in [0.05, 0.1) is 22.5 Å². The second-order valence-corrected chi connectivity index (χ2v) is 7.40. The van der Waals surface area contributed by atoms with Crippen LogP contribution in [0.4, 0.5) is 0 Å². The van der Waals surface area contributed by atoms with Gasteiger partial charge in [-0.25, -0.2) is 18.1 Å². The minimum Gasteiger partial charge on any atom is -0.481 e. The zero-order valence-corrected chi connectivity index (χ0v) is 13.8. The van der Waals surface area contributed by atoms with Crippen LogP contribution in [-0.2, 0) is 26.8 Å². The van der Waals surface area contributed by atoms with Gasteiger partial charge in [0.15, 0.2) is 6.39 Å². The van der Waals surface area contributed by atoms with Gasteiger partial charge in [-0.3, -0.25) is 4.79 Å². The fraction of sp³-hybridized carbons (Fsp3) is 0.333. The van der Waals surface area contributed by atoms with E-state index in [0.717, 1.165) is 0 Å². The number of nitrogens with zero attached hydrogens (tertiary/aromatic N) is 1. The Morgan fingerprint density at radius 2 is 1.91 bits per heavy atom. The average molecular weight is 338 g/mol. The molecule has 2 rings (SSSR count). The second-order valence-electron chi connectivity index (χ2n) is 5.63. The number of sulfonamides is 1. The van der Waals surface area contributed by atoms with Gasteiger partial charge in [-0.05, 0) is 38.5 Å². The molecule has 1 aromatic carbocycles. The van der Waals surface area contributed by atoms with E-state index in [1.165, 1.54) is 30.7 Å². The Labute approximate surface area is 134 Å². The SMILES string of the molecule is Cc1ocnc1CNS(=O)(=O)c1ccc(C(C)(C)C(=O)O)cc1. The maximum atomic E-state index is 12.2. The summed E-state index contributed by atoms with van der Waals surface area (Å²) in [6.45, 7) is 4.83. The molecule has 0 spiro atoms. The van der Waals surface area contributed by atoms with Crippen LogP contribution in [0.25, 0.3) is 0 Å². The van der Waals surface area contributed by atoms with Gasteiger partial charge < -0.3 is 9.52 Å². The van der Waals surface area contributed by atoms with Crippen molar-refractivity contribution in [2.75, 3.05) is 0 Å². The maximum absolute atomic E-state index is 12.2. The fourth-order valence-corrected chi connectivity index (χ4v) is 2.91. The van der Waals surface area contributed by atoms with Crippen molar-refractivity contribution in [2.45, 2.75) is 37.6 Å². The number of nitrogens with one attached hydrogen (secondary N) is 1. The number of benzene rings is 1. The van der Waals surface area contributed by atoms with E-state index in [0.29, 0.717) is 17.0 Å². The number of carboxylic acid groups (broad SMARTS) is 1. The number of oxazole rings is 1. The summed E-state index contributed by atoms with van der Waals surface area (Å²) in [7, 11) is -3.71. The number of hydrogen-bond acceptors (Lipinski definition) is 5. The molecular weight excluding hydrogens is 320 g/mol. The van der Waals surface area contributed by atoms with Gasteiger partial charge in [0.25, 0.3) is 0 Å². The summed E-state index contributed by atoms with van der Waals surface area (Å²) in [5.74, 6) is -0.431. The van der Waals surface area contributed by atoms with Crippen LogP contribution in [0, 0.1) is 6.92 Å². The van der Waals surface area contributed by atoms with E-state index in [9.17, 15) is 18.3 Å². The molecule has 2 aromatic rings. The summed E-state index contributed by atoms with van der Waals surface area (Å²) < 4.78 is 31.9. The van der Waals surface area contributed by atoms with Gasteiger partial charge >= 0.3 is 5.97 Å². The number of aliphatic carboxylic acids is 1. The van der Waals surface area contributed by atoms with Crippen LogP contribution in [-0.4, -0.2) is 24.5 Å². The van der Waals surface area contributed by atoms with E-state index < -0.39 is 21.4 Å². The Morgan fingerprint density at radius 3 is 2.39 bits per heavy atom. The van der Waals surface area contributed by atoms with E-state index in [4.69, 9.17) is 4.42 Å².